The number of carbonyl (C=O) groups excluding carboxylic acids is 2. The summed E-state index contributed by atoms with van der Waals surface area (Å²) >= 11 is 0. The van der Waals surface area contributed by atoms with Crippen LogP contribution in [0.4, 0.5) is 4.39 Å². The Balaban J connectivity index is 1.50. The number of methoxy groups -OCH3 is 1. The van der Waals surface area contributed by atoms with Crippen LogP contribution in [0.3, 0.4) is 0 Å². The van der Waals surface area contributed by atoms with Crippen LogP contribution < -0.4 is 15.4 Å². The number of hydrogen-bond donors (Lipinski definition) is 2. The predicted molar refractivity (Wildman–Crippen MR) is 101 cm³/mol. The molecule has 0 aliphatic carbocycles. The van der Waals surface area contributed by atoms with Crippen LogP contribution in [0.15, 0.2) is 61.2 Å². The fourth-order valence-corrected chi connectivity index (χ4v) is 2.56. The van der Waals surface area contributed by atoms with E-state index in [0.717, 1.165) is 0 Å². The van der Waals surface area contributed by atoms with Crippen LogP contribution in [-0.4, -0.2) is 35.0 Å². The quantitative estimate of drug-likeness (QED) is 0.655. The molecule has 3 aromatic rings. The topological polar surface area (TPSA) is 85.2 Å². The van der Waals surface area contributed by atoms with E-state index in [2.05, 4.69) is 15.6 Å². The number of benzene rings is 2. The molecule has 0 bridgehead atoms. The fraction of sp³-hybridized carbons (Fsp3) is 0.150. The first-order valence-corrected chi connectivity index (χ1v) is 8.52. The molecule has 3 rings (SSSR count). The molecule has 0 spiro atoms. The SMILES string of the molecule is COc1cccc(C(=O)NCC(=O)NCc2ccc(-n3ccnc3)c(F)c2)c1. The summed E-state index contributed by atoms with van der Waals surface area (Å²) in [5.74, 6) is -0.630. The number of rotatable bonds is 7. The van der Waals surface area contributed by atoms with Gasteiger partial charge in [0.1, 0.15) is 11.6 Å². The number of amides is 2. The van der Waals surface area contributed by atoms with Crippen LogP contribution in [0.2, 0.25) is 0 Å². The largest absolute Gasteiger partial charge is 0.497 e. The van der Waals surface area contributed by atoms with Crippen molar-refractivity contribution in [1.29, 1.82) is 0 Å². The zero-order valence-corrected chi connectivity index (χ0v) is 15.2. The van der Waals surface area contributed by atoms with E-state index in [1.807, 2.05) is 0 Å². The molecule has 1 aromatic heterocycles. The van der Waals surface area contributed by atoms with Crippen molar-refractivity contribution >= 4 is 11.8 Å². The van der Waals surface area contributed by atoms with Crippen molar-refractivity contribution < 1.29 is 18.7 Å². The number of aromatic nitrogens is 2. The summed E-state index contributed by atoms with van der Waals surface area (Å²) in [5, 5.41) is 5.18. The summed E-state index contributed by atoms with van der Waals surface area (Å²) in [7, 11) is 1.51. The van der Waals surface area contributed by atoms with E-state index < -0.39 is 5.82 Å². The van der Waals surface area contributed by atoms with Crippen LogP contribution in [-0.2, 0) is 11.3 Å². The molecule has 0 saturated carbocycles. The molecular weight excluding hydrogens is 363 g/mol. The molecule has 8 heteroatoms. The molecule has 0 fully saturated rings. The van der Waals surface area contributed by atoms with Gasteiger partial charge in [0, 0.05) is 24.5 Å². The van der Waals surface area contributed by atoms with Crippen LogP contribution in [0, 0.1) is 5.82 Å². The maximum Gasteiger partial charge on any atom is 0.251 e. The highest BCUT2D eigenvalue weighted by molar-refractivity contribution is 5.96. The summed E-state index contributed by atoms with van der Waals surface area (Å²) in [4.78, 5) is 27.9. The predicted octanol–water partition coefficient (Wildman–Crippen LogP) is 2.07. The van der Waals surface area contributed by atoms with Gasteiger partial charge >= 0.3 is 0 Å². The summed E-state index contributed by atoms with van der Waals surface area (Å²) in [6.45, 7) is -0.0410. The number of halogens is 1. The first-order valence-electron chi connectivity index (χ1n) is 8.52. The lowest BCUT2D eigenvalue weighted by molar-refractivity contribution is -0.120. The number of nitrogens with one attached hydrogen (secondary N) is 2. The number of hydrogen-bond acceptors (Lipinski definition) is 4. The molecule has 7 nitrogen and oxygen atoms in total. The zero-order valence-electron chi connectivity index (χ0n) is 15.2. The van der Waals surface area contributed by atoms with Gasteiger partial charge in [0.25, 0.3) is 5.91 Å². The Bertz CT molecular complexity index is 973. The van der Waals surface area contributed by atoms with Gasteiger partial charge in [0.2, 0.25) is 5.91 Å². The van der Waals surface area contributed by atoms with Gasteiger partial charge in [0.15, 0.2) is 0 Å². The molecule has 2 amide bonds. The van der Waals surface area contributed by atoms with E-state index in [9.17, 15) is 14.0 Å². The lowest BCUT2D eigenvalue weighted by Gasteiger charge is -2.09. The minimum absolute atomic E-state index is 0.148. The second kappa shape index (κ2) is 8.81. The van der Waals surface area contributed by atoms with Crippen molar-refractivity contribution in [3.63, 3.8) is 0 Å². The molecule has 1 heterocycles. The van der Waals surface area contributed by atoms with Gasteiger partial charge in [0.05, 0.1) is 25.7 Å². The minimum atomic E-state index is -0.420. The molecule has 0 aliphatic rings. The summed E-state index contributed by atoms with van der Waals surface area (Å²) in [6.07, 6.45) is 4.71. The third kappa shape index (κ3) is 4.73. The van der Waals surface area contributed by atoms with Crippen molar-refractivity contribution in [2.45, 2.75) is 6.54 Å². The highest BCUT2D eigenvalue weighted by Crippen LogP contribution is 2.15. The maximum absolute atomic E-state index is 14.2. The fourth-order valence-electron chi connectivity index (χ4n) is 2.56. The third-order valence-corrected chi connectivity index (χ3v) is 4.03. The monoisotopic (exact) mass is 382 g/mol. The molecule has 0 atom stereocenters. The highest BCUT2D eigenvalue weighted by atomic mass is 19.1. The molecule has 28 heavy (non-hydrogen) atoms. The summed E-state index contributed by atoms with van der Waals surface area (Å²) < 4.78 is 20.8. The van der Waals surface area contributed by atoms with Crippen molar-refractivity contribution in [3.8, 4) is 11.4 Å². The van der Waals surface area contributed by atoms with Crippen molar-refractivity contribution in [1.82, 2.24) is 20.2 Å². The molecule has 0 saturated heterocycles. The van der Waals surface area contributed by atoms with E-state index in [1.165, 1.54) is 19.5 Å². The van der Waals surface area contributed by atoms with Gasteiger partial charge in [-0.15, -0.1) is 0 Å². The van der Waals surface area contributed by atoms with Gasteiger partial charge in [-0.05, 0) is 35.9 Å². The molecule has 0 unspecified atom stereocenters. The van der Waals surface area contributed by atoms with E-state index in [-0.39, 0.29) is 24.9 Å². The second-order valence-corrected chi connectivity index (χ2v) is 5.95. The zero-order chi connectivity index (χ0) is 19.9. The average molecular weight is 382 g/mol. The van der Waals surface area contributed by atoms with E-state index in [0.29, 0.717) is 22.6 Å². The molecule has 0 aliphatic heterocycles. The van der Waals surface area contributed by atoms with Crippen molar-refractivity contribution in [2.75, 3.05) is 13.7 Å². The Hall–Kier alpha value is -3.68. The van der Waals surface area contributed by atoms with Crippen molar-refractivity contribution in [3.05, 3.63) is 78.1 Å². The number of nitrogens with zero attached hydrogens (tertiary/aromatic N) is 2. The molecule has 2 aromatic carbocycles. The average Bonchev–Trinajstić information content (AvgIpc) is 3.25. The Morgan fingerprint density at radius 3 is 2.75 bits per heavy atom. The van der Waals surface area contributed by atoms with Gasteiger partial charge < -0.3 is 19.9 Å². The van der Waals surface area contributed by atoms with E-state index in [4.69, 9.17) is 4.74 Å². The van der Waals surface area contributed by atoms with Gasteiger partial charge in [-0.2, -0.15) is 0 Å². The lowest BCUT2D eigenvalue weighted by Crippen LogP contribution is -2.36. The molecule has 2 N–H and O–H groups in total. The molecular formula is C20H19FN4O3. The maximum atomic E-state index is 14.2. The third-order valence-electron chi connectivity index (χ3n) is 4.03. The van der Waals surface area contributed by atoms with Crippen LogP contribution >= 0.6 is 0 Å². The number of carbonyl (C=O) groups is 2. The van der Waals surface area contributed by atoms with Crippen LogP contribution in [0.25, 0.3) is 5.69 Å². The Labute approximate surface area is 161 Å². The first-order chi connectivity index (χ1) is 13.6. The van der Waals surface area contributed by atoms with Gasteiger partial charge in [-0.3, -0.25) is 9.59 Å². The van der Waals surface area contributed by atoms with E-state index >= 15 is 0 Å². The Morgan fingerprint density at radius 1 is 1.18 bits per heavy atom. The standard InChI is InChI=1S/C20H19FN4O3/c1-28-16-4-2-3-15(10-16)20(27)24-12-19(26)23-11-14-5-6-18(17(21)9-14)25-8-7-22-13-25/h2-10,13H,11-12H2,1H3,(H,23,26)(H,24,27). The van der Waals surface area contributed by atoms with Crippen LogP contribution in [0.5, 0.6) is 5.75 Å². The number of imidazole rings is 1. The van der Waals surface area contributed by atoms with E-state index in [1.54, 1.807) is 53.4 Å². The molecule has 144 valence electrons. The van der Waals surface area contributed by atoms with Crippen molar-refractivity contribution in [2.24, 2.45) is 0 Å². The minimum Gasteiger partial charge on any atom is -0.497 e. The van der Waals surface area contributed by atoms with Gasteiger partial charge in [-0.25, -0.2) is 9.37 Å². The molecule has 0 radical (unpaired) electrons. The Kier molecular flexibility index (Phi) is 6.01. The summed E-state index contributed by atoms with van der Waals surface area (Å²) in [6, 6.07) is 11.3. The highest BCUT2D eigenvalue weighted by Gasteiger charge is 2.10. The van der Waals surface area contributed by atoms with Gasteiger partial charge in [-0.1, -0.05) is 12.1 Å². The Morgan fingerprint density at radius 2 is 2.04 bits per heavy atom. The smallest absolute Gasteiger partial charge is 0.251 e. The normalized spacial score (nSPS) is 10.4. The van der Waals surface area contributed by atoms with Crippen LogP contribution in [0.1, 0.15) is 15.9 Å². The first kappa shape index (κ1) is 19.1. The number of ether oxygens (including phenoxy) is 1. The second-order valence-electron chi connectivity index (χ2n) is 5.95. The lowest BCUT2D eigenvalue weighted by atomic mass is 10.2. The summed E-state index contributed by atoms with van der Waals surface area (Å²) in [5.41, 5.74) is 1.37.